The van der Waals surface area contributed by atoms with Crippen LogP contribution in [0.1, 0.15) is 11.7 Å². The molecule has 0 N–H and O–H groups in total. The van der Waals surface area contributed by atoms with Gasteiger partial charge in [0.25, 0.3) is 6.43 Å². The summed E-state index contributed by atoms with van der Waals surface area (Å²) in [6, 6.07) is 0. The Balaban J connectivity index is 2.19. The van der Waals surface area contributed by atoms with Crippen LogP contribution in [0.25, 0.3) is 0 Å². The molecule has 1 aromatic rings. The maximum atomic E-state index is 11.7. The zero-order valence-electron chi connectivity index (χ0n) is 8.09. The fourth-order valence-corrected chi connectivity index (χ4v) is 1.17. The van der Waals surface area contributed by atoms with Gasteiger partial charge in [0.1, 0.15) is 12.4 Å². The van der Waals surface area contributed by atoms with Crippen molar-refractivity contribution in [3.63, 3.8) is 0 Å². The molecule has 86 valence electrons. The number of aromatic nitrogens is 1. The van der Waals surface area contributed by atoms with Crippen molar-refractivity contribution in [1.29, 1.82) is 0 Å². The molecule has 1 aromatic heterocycles. The molecule has 0 aliphatic heterocycles. The lowest BCUT2D eigenvalue weighted by atomic mass is 10.4. The molecule has 0 saturated carbocycles. The molecule has 0 radical (unpaired) electrons. The molecule has 0 saturated heterocycles. The predicted molar refractivity (Wildman–Crippen MR) is 51.5 cm³/mol. The number of alkyl halides is 3. The van der Waals surface area contributed by atoms with Crippen molar-refractivity contribution in [3.8, 4) is 0 Å². The number of rotatable bonds is 7. The summed E-state index contributed by atoms with van der Waals surface area (Å²) in [4.78, 5) is 3.96. The number of oxazole rings is 1. The second-order valence-corrected chi connectivity index (χ2v) is 3.25. The van der Waals surface area contributed by atoms with E-state index in [2.05, 4.69) is 4.98 Å². The van der Waals surface area contributed by atoms with Gasteiger partial charge in [-0.15, -0.1) is 11.6 Å². The van der Waals surface area contributed by atoms with E-state index in [-0.39, 0.29) is 6.61 Å². The fraction of sp³-hybridized carbons (Fsp3) is 0.667. The van der Waals surface area contributed by atoms with Crippen LogP contribution in [-0.2, 0) is 17.6 Å². The maximum Gasteiger partial charge on any atom is 0.261 e. The average Bonchev–Trinajstić information content (AvgIpc) is 2.61. The predicted octanol–water partition coefficient (Wildman–Crippen LogP) is 2.28. The first-order chi connectivity index (χ1) is 7.22. The van der Waals surface area contributed by atoms with Crippen LogP contribution >= 0.6 is 11.6 Å². The summed E-state index contributed by atoms with van der Waals surface area (Å²) in [5.74, 6) is 1.64. The van der Waals surface area contributed by atoms with Gasteiger partial charge < -0.3 is 9.15 Å². The van der Waals surface area contributed by atoms with E-state index in [9.17, 15) is 8.78 Å². The highest BCUT2D eigenvalue weighted by Gasteiger charge is 2.05. The Kier molecular flexibility index (Phi) is 5.57. The van der Waals surface area contributed by atoms with Gasteiger partial charge in [-0.1, -0.05) is 0 Å². The Morgan fingerprint density at radius 2 is 2.27 bits per heavy atom. The third-order valence-electron chi connectivity index (χ3n) is 1.65. The molecule has 0 aliphatic rings. The van der Waals surface area contributed by atoms with Crippen LogP contribution in [0.3, 0.4) is 0 Å². The third-order valence-corrected chi connectivity index (χ3v) is 1.84. The van der Waals surface area contributed by atoms with E-state index in [0.717, 1.165) is 0 Å². The first-order valence-electron chi connectivity index (χ1n) is 4.58. The van der Waals surface area contributed by atoms with Gasteiger partial charge in [0.2, 0.25) is 0 Å². The van der Waals surface area contributed by atoms with Crippen LogP contribution in [0.15, 0.2) is 10.6 Å². The maximum absolute atomic E-state index is 11.7. The standard InChI is InChI=1S/C9H12ClF2NO2/c10-3-1-9-13-5-7(15-9)2-4-14-6-8(11)12/h5,8H,1-4,6H2. The van der Waals surface area contributed by atoms with Crippen molar-refractivity contribution in [2.75, 3.05) is 19.1 Å². The van der Waals surface area contributed by atoms with E-state index < -0.39 is 13.0 Å². The average molecular weight is 240 g/mol. The lowest BCUT2D eigenvalue weighted by molar-refractivity contribution is 0.0176. The van der Waals surface area contributed by atoms with Gasteiger partial charge in [0, 0.05) is 18.7 Å². The van der Waals surface area contributed by atoms with E-state index >= 15 is 0 Å². The van der Waals surface area contributed by atoms with Crippen LogP contribution in [0.4, 0.5) is 8.78 Å². The second kappa shape index (κ2) is 6.74. The van der Waals surface area contributed by atoms with E-state index in [4.69, 9.17) is 20.8 Å². The molecule has 0 amide bonds. The molecule has 15 heavy (non-hydrogen) atoms. The molecule has 3 nitrogen and oxygen atoms in total. The van der Waals surface area contributed by atoms with Crippen LogP contribution in [0.5, 0.6) is 0 Å². The van der Waals surface area contributed by atoms with Crippen LogP contribution in [0, 0.1) is 0 Å². The summed E-state index contributed by atoms with van der Waals surface area (Å²) in [6.45, 7) is -0.331. The first kappa shape index (κ1) is 12.4. The Bertz CT molecular complexity index is 281. The largest absolute Gasteiger partial charge is 0.446 e. The van der Waals surface area contributed by atoms with Gasteiger partial charge in [0.05, 0.1) is 12.8 Å². The lowest BCUT2D eigenvalue weighted by Gasteiger charge is -2.00. The van der Waals surface area contributed by atoms with E-state index in [1.165, 1.54) is 0 Å². The molecule has 0 aromatic carbocycles. The first-order valence-corrected chi connectivity index (χ1v) is 5.11. The Morgan fingerprint density at radius 1 is 1.47 bits per heavy atom. The molecule has 0 aliphatic carbocycles. The van der Waals surface area contributed by atoms with Gasteiger partial charge >= 0.3 is 0 Å². The summed E-state index contributed by atoms with van der Waals surface area (Å²) in [6.07, 6.45) is 0.154. The van der Waals surface area contributed by atoms with Crippen molar-refractivity contribution in [2.24, 2.45) is 0 Å². The number of nitrogens with zero attached hydrogens (tertiary/aromatic N) is 1. The molecule has 0 bridgehead atoms. The van der Waals surface area contributed by atoms with Crippen LogP contribution in [-0.4, -0.2) is 30.5 Å². The number of hydrogen-bond acceptors (Lipinski definition) is 3. The summed E-state index contributed by atoms with van der Waals surface area (Å²) in [7, 11) is 0. The summed E-state index contributed by atoms with van der Waals surface area (Å²) in [5, 5.41) is 0. The zero-order valence-corrected chi connectivity index (χ0v) is 8.84. The molecular formula is C9H12ClF2NO2. The number of halogens is 3. The van der Waals surface area contributed by atoms with Gasteiger partial charge in [0.15, 0.2) is 5.89 Å². The highest BCUT2D eigenvalue weighted by Crippen LogP contribution is 2.06. The minimum atomic E-state index is -2.42. The third kappa shape index (κ3) is 5.09. The zero-order chi connectivity index (χ0) is 11.1. The Labute approximate surface area is 91.4 Å². The second-order valence-electron chi connectivity index (χ2n) is 2.88. The molecule has 0 spiro atoms. The van der Waals surface area contributed by atoms with Crippen LogP contribution in [0.2, 0.25) is 0 Å². The van der Waals surface area contributed by atoms with Crippen molar-refractivity contribution in [3.05, 3.63) is 17.8 Å². The molecule has 1 heterocycles. The van der Waals surface area contributed by atoms with Gasteiger partial charge in [-0.25, -0.2) is 13.8 Å². The molecular weight excluding hydrogens is 228 g/mol. The molecule has 1 rings (SSSR count). The normalized spacial score (nSPS) is 11.2. The Morgan fingerprint density at radius 3 is 2.93 bits per heavy atom. The highest BCUT2D eigenvalue weighted by molar-refractivity contribution is 6.17. The van der Waals surface area contributed by atoms with Gasteiger partial charge in [-0.05, 0) is 0 Å². The van der Waals surface area contributed by atoms with Gasteiger partial charge in [-0.3, -0.25) is 0 Å². The monoisotopic (exact) mass is 239 g/mol. The van der Waals surface area contributed by atoms with Crippen molar-refractivity contribution in [1.82, 2.24) is 4.98 Å². The van der Waals surface area contributed by atoms with Crippen molar-refractivity contribution >= 4 is 11.6 Å². The Hall–Kier alpha value is -0.680. The van der Waals surface area contributed by atoms with E-state index in [1.807, 2.05) is 0 Å². The SMILES string of the molecule is FC(F)COCCc1cnc(CCCl)o1. The molecule has 0 fully saturated rings. The minimum absolute atomic E-state index is 0.208. The van der Waals surface area contributed by atoms with Gasteiger partial charge in [-0.2, -0.15) is 0 Å². The molecule has 0 atom stereocenters. The minimum Gasteiger partial charge on any atom is -0.446 e. The smallest absolute Gasteiger partial charge is 0.261 e. The number of aryl methyl sites for hydroxylation is 1. The van der Waals surface area contributed by atoms with Crippen molar-refractivity contribution < 1.29 is 17.9 Å². The topological polar surface area (TPSA) is 35.3 Å². The summed E-state index contributed by atoms with van der Waals surface area (Å²) < 4.78 is 33.4. The van der Waals surface area contributed by atoms with E-state index in [0.29, 0.717) is 30.4 Å². The quantitative estimate of drug-likeness (QED) is 0.541. The molecule has 0 unspecified atom stereocenters. The van der Waals surface area contributed by atoms with Crippen LogP contribution < -0.4 is 0 Å². The number of ether oxygens (including phenoxy) is 1. The highest BCUT2D eigenvalue weighted by atomic mass is 35.5. The van der Waals surface area contributed by atoms with Crippen molar-refractivity contribution in [2.45, 2.75) is 19.3 Å². The lowest BCUT2D eigenvalue weighted by Crippen LogP contribution is -2.06. The summed E-state index contributed by atoms with van der Waals surface area (Å²) in [5.41, 5.74) is 0. The number of hydrogen-bond donors (Lipinski definition) is 0. The summed E-state index contributed by atoms with van der Waals surface area (Å²) >= 11 is 5.50. The fourth-order valence-electron chi connectivity index (χ4n) is 1.01. The van der Waals surface area contributed by atoms with E-state index in [1.54, 1.807) is 6.20 Å². The molecule has 6 heteroatoms.